The number of pyridine rings is 1. The third-order valence-electron chi connectivity index (χ3n) is 4.50. The highest BCUT2D eigenvalue weighted by molar-refractivity contribution is 7.91. The molecule has 0 radical (unpaired) electrons. The van der Waals surface area contributed by atoms with Crippen LogP contribution in [0.5, 0.6) is 0 Å². The van der Waals surface area contributed by atoms with Gasteiger partial charge in [-0.25, -0.2) is 8.42 Å². The maximum Gasteiger partial charge on any atom is 0.261 e. The number of hydrogen-bond acceptors (Lipinski definition) is 5. The molecule has 0 spiro atoms. The van der Waals surface area contributed by atoms with Crippen molar-refractivity contribution in [2.24, 2.45) is 0 Å². The Kier molecular flexibility index (Phi) is 6.26. The number of aromatic nitrogens is 1. The van der Waals surface area contributed by atoms with Crippen LogP contribution in [-0.2, 0) is 9.84 Å². The summed E-state index contributed by atoms with van der Waals surface area (Å²) in [6, 6.07) is 13.8. The van der Waals surface area contributed by atoms with E-state index in [-0.39, 0.29) is 17.3 Å². The number of nitrogens with zero attached hydrogens (tertiary/aromatic N) is 1. The lowest BCUT2D eigenvalue weighted by Gasteiger charge is -2.19. The largest absolute Gasteiger partial charge is 0.350 e. The summed E-state index contributed by atoms with van der Waals surface area (Å²) >= 11 is 1.31. The van der Waals surface area contributed by atoms with Crippen LogP contribution < -0.4 is 5.32 Å². The first-order valence-corrected chi connectivity index (χ1v) is 11.4. The second kappa shape index (κ2) is 8.67. The summed E-state index contributed by atoms with van der Waals surface area (Å²) in [4.78, 5) is 17.1. The maximum atomic E-state index is 13.3. The van der Waals surface area contributed by atoms with Crippen LogP contribution in [0.4, 0.5) is 0 Å². The van der Waals surface area contributed by atoms with Gasteiger partial charge in [0, 0.05) is 18.9 Å². The van der Waals surface area contributed by atoms with Crippen molar-refractivity contribution in [3.8, 4) is 0 Å². The summed E-state index contributed by atoms with van der Waals surface area (Å²) in [5.41, 5.74) is 1.62. The lowest BCUT2D eigenvalue weighted by molar-refractivity contribution is 0.0957. The number of thiophene rings is 1. The Bertz CT molecular complexity index is 1010. The molecule has 0 bridgehead atoms. The number of amides is 1. The van der Waals surface area contributed by atoms with E-state index in [1.807, 2.05) is 12.1 Å². The summed E-state index contributed by atoms with van der Waals surface area (Å²) in [7, 11) is -3.71. The van der Waals surface area contributed by atoms with Crippen LogP contribution in [0.3, 0.4) is 0 Å². The molecular formula is C21H22N2O3S2. The molecule has 3 aromatic rings. The number of nitrogens with one attached hydrogen (secondary N) is 1. The number of hydrogen-bond donors (Lipinski definition) is 1. The predicted octanol–water partition coefficient (Wildman–Crippen LogP) is 4.21. The van der Waals surface area contributed by atoms with Crippen LogP contribution in [0.15, 0.2) is 71.2 Å². The zero-order valence-corrected chi connectivity index (χ0v) is 17.3. The van der Waals surface area contributed by atoms with Gasteiger partial charge in [0.25, 0.3) is 5.91 Å². The van der Waals surface area contributed by atoms with E-state index in [9.17, 15) is 13.2 Å². The lowest BCUT2D eigenvalue weighted by atomic mass is 10.0. The SMILES string of the molecule is CC(C)c1ccc(S(=O)(=O)[C@@H](CNC(=O)c2cccs2)c2cccnc2)cc1. The number of carbonyl (C=O) groups is 1. The molecule has 0 saturated carbocycles. The first-order valence-electron chi connectivity index (χ1n) is 8.95. The van der Waals surface area contributed by atoms with Gasteiger partial charge in [0.05, 0.1) is 9.77 Å². The van der Waals surface area contributed by atoms with Crippen LogP contribution in [0.1, 0.15) is 45.8 Å². The van der Waals surface area contributed by atoms with Crippen LogP contribution in [0.2, 0.25) is 0 Å². The standard InChI is InChI=1S/C21H22N2O3S2/c1-15(2)16-7-9-18(10-8-16)28(25,26)20(17-5-3-11-22-13-17)14-23-21(24)19-6-4-12-27-19/h3-13,15,20H,14H2,1-2H3,(H,23,24)/t20-/m0/s1. The maximum absolute atomic E-state index is 13.3. The summed E-state index contributed by atoms with van der Waals surface area (Å²) in [5, 5.41) is 3.64. The van der Waals surface area contributed by atoms with Gasteiger partial charge in [0.15, 0.2) is 9.84 Å². The Morgan fingerprint density at radius 2 is 1.82 bits per heavy atom. The fourth-order valence-corrected chi connectivity index (χ4v) is 5.14. The number of sulfone groups is 1. The summed E-state index contributed by atoms with van der Waals surface area (Å²) < 4.78 is 26.7. The molecule has 0 saturated heterocycles. The summed E-state index contributed by atoms with van der Waals surface area (Å²) in [6.07, 6.45) is 3.12. The minimum Gasteiger partial charge on any atom is -0.350 e. The number of carbonyl (C=O) groups excluding carboxylic acids is 1. The minimum atomic E-state index is -3.71. The third-order valence-corrected chi connectivity index (χ3v) is 7.48. The molecule has 0 aliphatic rings. The second-order valence-corrected chi connectivity index (χ2v) is 9.81. The molecule has 3 rings (SSSR count). The Morgan fingerprint density at radius 1 is 1.07 bits per heavy atom. The smallest absolute Gasteiger partial charge is 0.261 e. The highest BCUT2D eigenvalue weighted by Gasteiger charge is 2.30. The lowest BCUT2D eigenvalue weighted by Crippen LogP contribution is -2.31. The molecule has 7 heteroatoms. The van der Waals surface area contributed by atoms with E-state index in [0.29, 0.717) is 16.4 Å². The van der Waals surface area contributed by atoms with Crippen LogP contribution in [-0.4, -0.2) is 25.9 Å². The van der Waals surface area contributed by atoms with Gasteiger partial charge in [-0.2, -0.15) is 0 Å². The Balaban J connectivity index is 1.90. The fraction of sp³-hybridized carbons (Fsp3) is 0.238. The van der Waals surface area contributed by atoms with Crippen molar-refractivity contribution in [2.75, 3.05) is 6.54 Å². The number of benzene rings is 1. The second-order valence-electron chi connectivity index (χ2n) is 6.73. The van der Waals surface area contributed by atoms with Crippen LogP contribution in [0, 0.1) is 0 Å². The Labute approximate surface area is 169 Å². The molecule has 0 aliphatic heterocycles. The monoisotopic (exact) mass is 414 g/mol. The molecule has 1 aromatic carbocycles. The van der Waals surface area contributed by atoms with E-state index in [0.717, 1.165) is 5.56 Å². The fourth-order valence-electron chi connectivity index (χ4n) is 2.86. The normalized spacial score (nSPS) is 12.7. The van der Waals surface area contributed by atoms with Crippen molar-refractivity contribution in [1.82, 2.24) is 10.3 Å². The van der Waals surface area contributed by atoms with Crippen molar-refractivity contribution in [2.45, 2.75) is 29.9 Å². The highest BCUT2D eigenvalue weighted by atomic mass is 32.2. The van der Waals surface area contributed by atoms with Crippen LogP contribution >= 0.6 is 11.3 Å². The van der Waals surface area contributed by atoms with E-state index in [1.165, 1.54) is 17.5 Å². The molecule has 0 unspecified atom stereocenters. The molecule has 1 N–H and O–H groups in total. The van der Waals surface area contributed by atoms with Gasteiger partial charge in [0.1, 0.15) is 5.25 Å². The molecule has 2 heterocycles. The molecule has 0 aliphatic carbocycles. The van der Waals surface area contributed by atoms with Crippen molar-refractivity contribution >= 4 is 27.1 Å². The average Bonchev–Trinajstić information content (AvgIpc) is 3.23. The zero-order chi connectivity index (χ0) is 20.1. The van der Waals surface area contributed by atoms with Gasteiger partial charge >= 0.3 is 0 Å². The van der Waals surface area contributed by atoms with Gasteiger partial charge in [-0.15, -0.1) is 11.3 Å². The Hall–Kier alpha value is -2.51. The summed E-state index contributed by atoms with van der Waals surface area (Å²) in [5.74, 6) is 0.0326. The van der Waals surface area contributed by atoms with Crippen LogP contribution in [0.25, 0.3) is 0 Å². The molecule has 1 atom stereocenters. The first kappa shape index (κ1) is 20.2. The van der Waals surface area contributed by atoms with Gasteiger partial charge in [0.2, 0.25) is 0 Å². The zero-order valence-electron chi connectivity index (χ0n) is 15.7. The highest BCUT2D eigenvalue weighted by Crippen LogP contribution is 2.29. The van der Waals surface area contributed by atoms with Crippen molar-refractivity contribution in [3.05, 3.63) is 82.3 Å². The average molecular weight is 415 g/mol. The molecular weight excluding hydrogens is 392 g/mol. The summed E-state index contributed by atoms with van der Waals surface area (Å²) in [6.45, 7) is 4.08. The van der Waals surface area contributed by atoms with Crippen molar-refractivity contribution in [3.63, 3.8) is 0 Å². The van der Waals surface area contributed by atoms with Crippen molar-refractivity contribution < 1.29 is 13.2 Å². The topological polar surface area (TPSA) is 76.1 Å². The predicted molar refractivity (Wildman–Crippen MR) is 111 cm³/mol. The molecule has 1 amide bonds. The van der Waals surface area contributed by atoms with Gasteiger partial charge in [-0.1, -0.05) is 38.1 Å². The van der Waals surface area contributed by atoms with E-state index in [2.05, 4.69) is 24.1 Å². The first-order chi connectivity index (χ1) is 13.4. The molecule has 146 valence electrons. The molecule has 28 heavy (non-hydrogen) atoms. The van der Waals surface area contributed by atoms with Gasteiger partial charge in [-0.05, 0) is 46.7 Å². The van der Waals surface area contributed by atoms with Gasteiger partial charge < -0.3 is 5.32 Å². The Morgan fingerprint density at radius 3 is 2.39 bits per heavy atom. The minimum absolute atomic E-state index is 0.0311. The van der Waals surface area contributed by atoms with Crippen molar-refractivity contribution in [1.29, 1.82) is 0 Å². The van der Waals surface area contributed by atoms with E-state index >= 15 is 0 Å². The third kappa shape index (κ3) is 4.48. The van der Waals surface area contributed by atoms with E-state index < -0.39 is 15.1 Å². The van der Waals surface area contributed by atoms with E-state index in [4.69, 9.17) is 0 Å². The molecule has 2 aromatic heterocycles. The van der Waals surface area contributed by atoms with Gasteiger partial charge in [-0.3, -0.25) is 9.78 Å². The molecule has 0 fully saturated rings. The molecule has 5 nitrogen and oxygen atoms in total. The van der Waals surface area contributed by atoms with E-state index in [1.54, 1.807) is 48.0 Å². The number of rotatable bonds is 7. The quantitative estimate of drug-likeness (QED) is 0.628.